The standard InChI is InChI=1S/C14H18BrN3/c1-11-7-9-17-13(6-8-16)10-18(11)14-4-2-12(15)3-5-14/h2-5,11,13,17H,6-7,9-10H2,1H3. The lowest BCUT2D eigenvalue weighted by atomic mass is 10.1. The minimum absolute atomic E-state index is 0.267. The number of anilines is 1. The molecule has 4 heteroatoms. The van der Waals surface area contributed by atoms with Crippen molar-refractivity contribution >= 4 is 21.6 Å². The third-order valence-corrected chi connectivity index (χ3v) is 3.97. The van der Waals surface area contributed by atoms with Gasteiger partial charge in [-0.2, -0.15) is 5.26 Å². The van der Waals surface area contributed by atoms with Crippen LogP contribution in [0, 0.1) is 11.3 Å². The van der Waals surface area contributed by atoms with Crippen molar-refractivity contribution in [1.29, 1.82) is 5.26 Å². The van der Waals surface area contributed by atoms with Crippen LogP contribution in [-0.4, -0.2) is 25.2 Å². The van der Waals surface area contributed by atoms with Crippen LogP contribution in [0.3, 0.4) is 0 Å². The number of benzene rings is 1. The highest BCUT2D eigenvalue weighted by Crippen LogP contribution is 2.23. The van der Waals surface area contributed by atoms with E-state index >= 15 is 0 Å². The Morgan fingerprint density at radius 2 is 2.17 bits per heavy atom. The third kappa shape index (κ3) is 3.24. The summed E-state index contributed by atoms with van der Waals surface area (Å²) in [7, 11) is 0. The summed E-state index contributed by atoms with van der Waals surface area (Å²) in [6.07, 6.45) is 1.68. The molecule has 1 N–H and O–H groups in total. The molecule has 18 heavy (non-hydrogen) atoms. The highest BCUT2D eigenvalue weighted by Gasteiger charge is 2.22. The van der Waals surface area contributed by atoms with Crippen molar-refractivity contribution in [1.82, 2.24) is 5.32 Å². The van der Waals surface area contributed by atoms with Gasteiger partial charge in [-0.05, 0) is 44.2 Å². The van der Waals surface area contributed by atoms with Gasteiger partial charge in [0.15, 0.2) is 0 Å². The molecule has 0 bridgehead atoms. The first kappa shape index (κ1) is 13.4. The molecule has 2 rings (SSSR count). The predicted octanol–water partition coefficient (Wildman–Crippen LogP) is 2.92. The van der Waals surface area contributed by atoms with Crippen LogP contribution >= 0.6 is 15.9 Å². The van der Waals surface area contributed by atoms with E-state index in [1.807, 2.05) is 0 Å². The van der Waals surface area contributed by atoms with Gasteiger partial charge in [-0.25, -0.2) is 0 Å². The van der Waals surface area contributed by atoms with Crippen LogP contribution in [0.4, 0.5) is 5.69 Å². The number of nitrogens with zero attached hydrogens (tertiary/aromatic N) is 2. The van der Waals surface area contributed by atoms with E-state index in [0.717, 1.165) is 24.0 Å². The summed E-state index contributed by atoms with van der Waals surface area (Å²) >= 11 is 3.46. The maximum Gasteiger partial charge on any atom is 0.0638 e. The molecule has 1 aromatic rings. The summed E-state index contributed by atoms with van der Waals surface area (Å²) in [6.45, 7) is 4.13. The Kier molecular flexibility index (Phi) is 4.62. The second-order valence-corrected chi connectivity index (χ2v) is 5.70. The van der Waals surface area contributed by atoms with E-state index < -0.39 is 0 Å². The van der Waals surface area contributed by atoms with E-state index in [1.54, 1.807) is 0 Å². The molecule has 0 spiro atoms. The maximum atomic E-state index is 8.85. The lowest BCUT2D eigenvalue weighted by molar-refractivity contribution is 0.552. The van der Waals surface area contributed by atoms with Gasteiger partial charge in [-0.15, -0.1) is 0 Å². The molecule has 0 aromatic heterocycles. The lowest BCUT2D eigenvalue weighted by Crippen LogP contribution is -2.40. The van der Waals surface area contributed by atoms with Crippen LogP contribution in [0.2, 0.25) is 0 Å². The lowest BCUT2D eigenvalue weighted by Gasteiger charge is -2.31. The molecule has 0 aliphatic carbocycles. The molecule has 1 aromatic carbocycles. The summed E-state index contributed by atoms with van der Waals surface area (Å²) < 4.78 is 1.10. The number of rotatable bonds is 2. The second-order valence-electron chi connectivity index (χ2n) is 4.78. The summed E-state index contributed by atoms with van der Waals surface area (Å²) in [5, 5.41) is 12.3. The molecule has 0 saturated carbocycles. The summed E-state index contributed by atoms with van der Waals surface area (Å²) in [5.74, 6) is 0. The van der Waals surface area contributed by atoms with Gasteiger partial charge in [-0.1, -0.05) is 15.9 Å². The Balaban J connectivity index is 2.17. The monoisotopic (exact) mass is 307 g/mol. The van der Waals surface area contributed by atoms with Gasteiger partial charge in [0.1, 0.15) is 0 Å². The van der Waals surface area contributed by atoms with E-state index in [4.69, 9.17) is 5.26 Å². The van der Waals surface area contributed by atoms with Gasteiger partial charge in [-0.3, -0.25) is 0 Å². The van der Waals surface area contributed by atoms with Gasteiger partial charge >= 0.3 is 0 Å². The quantitative estimate of drug-likeness (QED) is 0.913. The van der Waals surface area contributed by atoms with Gasteiger partial charge in [0.05, 0.1) is 12.5 Å². The molecule has 1 aliphatic rings. The van der Waals surface area contributed by atoms with Gasteiger partial charge in [0.2, 0.25) is 0 Å². The van der Waals surface area contributed by atoms with E-state index in [0.29, 0.717) is 12.5 Å². The van der Waals surface area contributed by atoms with Crippen LogP contribution in [-0.2, 0) is 0 Å². The van der Waals surface area contributed by atoms with Gasteiger partial charge in [0, 0.05) is 28.8 Å². The highest BCUT2D eigenvalue weighted by atomic mass is 79.9. The van der Waals surface area contributed by atoms with Gasteiger partial charge in [0.25, 0.3) is 0 Å². The predicted molar refractivity (Wildman–Crippen MR) is 77.6 cm³/mol. The van der Waals surface area contributed by atoms with Crippen LogP contribution in [0.15, 0.2) is 28.7 Å². The molecule has 0 radical (unpaired) electrons. The first-order valence-corrected chi connectivity index (χ1v) is 7.12. The molecule has 3 nitrogen and oxygen atoms in total. The zero-order valence-electron chi connectivity index (χ0n) is 10.6. The molecule has 1 heterocycles. The van der Waals surface area contributed by atoms with Crippen molar-refractivity contribution in [2.75, 3.05) is 18.0 Å². The Bertz CT molecular complexity index is 424. The largest absolute Gasteiger partial charge is 0.367 e. The van der Waals surface area contributed by atoms with Crippen molar-refractivity contribution < 1.29 is 0 Å². The first-order chi connectivity index (χ1) is 8.70. The zero-order chi connectivity index (χ0) is 13.0. The van der Waals surface area contributed by atoms with Crippen molar-refractivity contribution in [2.45, 2.75) is 31.8 Å². The van der Waals surface area contributed by atoms with Crippen LogP contribution in [0.5, 0.6) is 0 Å². The minimum Gasteiger partial charge on any atom is -0.367 e. The van der Waals surface area contributed by atoms with Crippen LogP contribution in [0.1, 0.15) is 19.8 Å². The Labute approximate surface area is 117 Å². The Hall–Kier alpha value is -1.05. The van der Waals surface area contributed by atoms with Crippen molar-refractivity contribution in [3.05, 3.63) is 28.7 Å². The van der Waals surface area contributed by atoms with Crippen molar-refractivity contribution in [2.24, 2.45) is 0 Å². The topological polar surface area (TPSA) is 39.1 Å². The summed E-state index contributed by atoms with van der Waals surface area (Å²) in [6, 6.07) is 11.4. The fourth-order valence-corrected chi connectivity index (χ4v) is 2.64. The number of halogens is 1. The fraction of sp³-hybridized carbons (Fsp3) is 0.500. The molecule has 2 unspecified atom stereocenters. The molecule has 1 aliphatic heterocycles. The molecule has 1 saturated heterocycles. The fourth-order valence-electron chi connectivity index (χ4n) is 2.37. The molecule has 96 valence electrons. The van der Waals surface area contributed by atoms with Crippen molar-refractivity contribution in [3.63, 3.8) is 0 Å². The second kappa shape index (κ2) is 6.21. The SMILES string of the molecule is CC1CCNC(CC#N)CN1c1ccc(Br)cc1. The van der Waals surface area contributed by atoms with E-state index in [9.17, 15) is 0 Å². The molecule has 0 amide bonds. The highest BCUT2D eigenvalue weighted by molar-refractivity contribution is 9.10. The average Bonchev–Trinajstić information content (AvgIpc) is 2.53. The van der Waals surface area contributed by atoms with E-state index in [-0.39, 0.29) is 6.04 Å². The number of nitriles is 1. The van der Waals surface area contributed by atoms with Crippen LogP contribution < -0.4 is 10.2 Å². The molecule has 2 atom stereocenters. The summed E-state index contributed by atoms with van der Waals surface area (Å²) in [5.41, 5.74) is 1.23. The average molecular weight is 308 g/mol. The summed E-state index contributed by atoms with van der Waals surface area (Å²) in [4.78, 5) is 2.40. The first-order valence-electron chi connectivity index (χ1n) is 6.33. The Morgan fingerprint density at radius 3 is 2.83 bits per heavy atom. The molecule has 1 fully saturated rings. The van der Waals surface area contributed by atoms with E-state index in [2.05, 4.69) is 63.4 Å². The van der Waals surface area contributed by atoms with Crippen molar-refractivity contribution in [3.8, 4) is 6.07 Å². The minimum atomic E-state index is 0.267. The third-order valence-electron chi connectivity index (χ3n) is 3.44. The Morgan fingerprint density at radius 1 is 1.44 bits per heavy atom. The molecular formula is C14H18BrN3. The normalized spacial score (nSPS) is 24.4. The number of nitrogens with one attached hydrogen (secondary N) is 1. The van der Waals surface area contributed by atoms with E-state index in [1.165, 1.54) is 5.69 Å². The smallest absolute Gasteiger partial charge is 0.0638 e. The molecular weight excluding hydrogens is 290 g/mol. The van der Waals surface area contributed by atoms with Crippen LogP contribution in [0.25, 0.3) is 0 Å². The zero-order valence-corrected chi connectivity index (χ0v) is 12.2. The number of hydrogen-bond acceptors (Lipinski definition) is 3. The maximum absolute atomic E-state index is 8.85. The van der Waals surface area contributed by atoms with Gasteiger partial charge < -0.3 is 10.2 Å². The number of hydrogen-bond donors (Lipinski definition) is 1.